The third-order valence-corrected chi connectivity index (χ3v) is 4.99. The topological polar surface area (TPSA) is 91.5 Å². The van der Waals surface area contributed by atoms with Gasteiger partial charge in [-0.3, -0.25) is 18.7 Å². The highest BCUT2D eigenvalue weighted by Gasteiger charge is 2.24. The van der Waals surface area contributed by atoms with Crippen LogP contribution in [0.4, 0.5) is 5.82 Å². The zero-order valence-electron chi connectivity index (χ0n) is 16.6. The van der Waals surface area contributed by atoms with Crippen LogP contribution in [-0.4, -0.2) is 21.5 Å². The van der Waals surface area contributed by atoms with Crippen molar-refractivity contribution >= 4 is 11.6 Å². The Bertz CT molecular complexity index is 1080. The average molecular weight is 393 g/mol. The molecule has 0 amide bonds. The molecule has 7 heteroatoms. The van der Waals surface area contributed by atoms with Crippen LogP contribution in [0.5, 0.6) is 0 Å². The lowest BCUT2D eigenvalue weighted by Gasteiger charge is -2.20. The second kappa shape index (κ2) is 8.70. The number of anilines is 1. The Morgan fingerprint density at radius 1 is 0.862 bits per heavy atom. The lowest BCUT2D eigenvalue weighted by atomic mass is 10.1. The summed E-state index contributed by atoms with van der Waals surface area (Å²) < 4.78 is 2.04. The summed E-state index contributed by atoms with van der Waals surface area (Å²) in [6.45, 7) is 1.32. The molecule has 29 heavy (non-hydrogen) atoms. The minimum atomic E-state index is -0.658. The molecular formula is C22H25N4O3+. The summed E-state index contributed by atoms with van der Waals surface area (Å²) in [7, 11) is 2.80. The molecule has 0 aliphatic rings. The number of quaternary nitrogens is 1. The molecule has 0 bridgehead atoms. The van der Waals surface area contributed by atoms with Gasteiger partial charge < -0.3 is 10.6 Å². The fourth-order valence-corrected chi connectivity index (χ4v) is 3.39. The molecule has 0 atom stereocenters. The Balaban J connectivity index is 1.92. The van der Waals surface area contributed by atoms with Crippen LogP contribution in [0.25, 0.3) is 0 Å². The third-order valence-electron chi connectivity index (χ3n) is 4.99. The number of nitrogen functional groups attached to an aromatic ring is 1. The Hall–Kier alpha value is -3.45. The molecule has 0 aliphatic heterocycles. The van der Waals surface area contributed by atoms with Gasteiger partial charge in [-0.2, -0.15) is 0 Å². The zero-order chi connectivity index (χ0) is 21.0. The summed E-state index contributed by atoms with van der Waals surface area (Å²) in [5.74, 6) is -0.470. The van der Waals surface area contributed by atoms with E-state index < -0.39 is 11.2 Å². The number of Topliss-reactive ketones (excluding diaryl/α,β-unsaturated/α-hetero) is 1. The number of carbonyl (C=O) groups excluding carboxylic acids is 1. The molecule has 7 nitrogen and oxygen atoms in total. The van der Waals surface area contributed by atoms with Crippen molar-refractivity contribution in [2.45, 2.75) is 13.1 Å². The highest BCUT2D eigenvalue weighted by atomic mass is 16.2. The molecule has 1 aromatic heterocycles. The van der Waals surface area contributed by atoms with Gasteiger partial charge in [-0.25, -0.2) is 4.79 Å². The Morgan fingerprint density at radius 3 is 1.83 bits per heavy atom. The number of carbonyl (C=O) groups is 1. The number of hydrogen-bond donors (Lipinski definition) is 2. The summed E-state index contributed by atoms with van der Waals surface area (Å²) in [6.07, 6.45) is 0. The van der Waals surface area contributed by atoms with Crippen molar-refractivity contribution in [3.8, 4) is 0 Å². The molecule has 0 radical (unpaired) electrons. The van der Waals surface area contributed by atoms with Crippen molar-refractivity contribution in [1.82, 2.24) is 9.13 Å². The predicted molar refractivity (Wildman–Crippen MR) is 112 cm³/mol. The van der Waals surface area contributed by atoms with Crippen LogP contribution in [0.15, 0.2) is 70.3 Å². The molecule has 2 aromatic carbocycles. The van der Waals surface area contributed by atoms with Gasteiger partial charge in [0.2, 0.25) is 5.78 Å². The van der Waals surface area contributed by atoms with Gasteiger partial charge in [-0.05, 0) is 0 Å². The van der Waals surface area contributed by atoms with E-state index in [-0.39, 0.29) is 23.7 Å². The first kappa shape index (κ1) is 20.3. The average Bonchev–Trinajstić information content (AvgIpc) is 2.72. The molecule has 150 valence electrons. The Labute approximate surface area is 168 Å². The fourth-order valence-electron chi connectivity index (χ4n) is 3.39. The first-order valence-electron chi connectivity index (χ1n) is 9.38. The summed E-state index contributed by atoms with van der Waals surface area (Å²) in [5.41, 5.74) is 6.79. The van der Waals surface area contributed by atoms with Crippen molar-refractivity contribution in [2.24, 2.45) is 14.1 Å². The molecule has 0 spiro atoms. The van der Waals surface area contributed by atoms with E-state index in [1.807, 2.05) is 60.7 Å². The van der Waals surface area contributed by atoms with Crippen LogP contribution >= 0.6 is 0 Å². The summed E-state index contributed by atoms with van der Waals surface area (Å²) in [4.78, 5) is 38.6. The number of nitrogens with zero attached hydrogens (tertiary/aromatic N) is 2. The Kier molecular flexibility index (Phi) is 6.09. The lowest BCUT2D eigenvalue weighted by molar-refractivity contribution is -0.919. The van der Waals surface area contributed by atoms with Gasteiger partial charge in [0, 0.05) is 25.2 Å². The predicted octanol–water partition coefficient (Wildman–Crippen LogP) is 0.134. The van der Waals surface area contributed by atoms with Gasteiger partial charge in [0.25, 0.3) is 5.56 Å². The van der Waals surface area contributed by atoms with Crippen molar-refractivity contribution < 1.29 is 9.69 Å². The summed E-state index contributed by atoms with van der Waals surface area (Å²) >= 11 is 0. The van der Waals surface area contributed by atoms with Crippen LogP contribution in [0.1, 0.15) is 21.5 Å². The standard InChI is InChI=1S/C22H24N4O3/c1-24-20(23)19(21(28)25(2)22(24)29)18(27)15-26(13-16-9-5-3-6-10-16)14-17-11-7-4-8-12-17/h3-12H,13-15,23H2,1-2H3/p+1. The molecule has 0 unspecified atom stereocenters. The number of rotatable bonds is 7. The van der Waals surface area contributed by atoms with Crippen molar-refractivity contribution in [3.63, 3.8) is 0 Å². The molecule has 3 N–H and O–H groups in total. The zero-order valence-corrected chi connectivity index (χ0v) is 16.6. The second-order valence-corrected chi connectivity index (χ2v) is 7.14. The minimum absolute atomic E-state index is 0.0848. The molecule has 0 saturated heterocycles. The summed E-state index contributed by atoms with van der Waals surface area (Å²) in [5, 5.41) is 0. The second-order valence-electron chi connectivity index (χ2n) is 7.14. The van der Waals surface area contributed by atoms with Gasteiger partial charge in [0.05, 0.1) is 0 Å². The molecule has 0 aliphatic carbocycles. The van der Waals surface area contributed by atoms with Gasteiger partial charge >= 0.3 is 5.69 Å². The van der Waals surface area contributed by atoms with Crippen molar-refractivity contribution in [2.75, 3.05) is 12.3 Å². The van der Waals surface area contributed by atoms with E-state index in [0.29, 0.717) is 13.1 Å². The molecule has 3 rings (SSSR count). The van der Waals surface area contributed by atoms with Crippen LogP contribution in [0, 0.1) is 0 Å². The van der Waals surface area contributed by atoms with Gasteiger partial charge in [-0.1, -0.05) is 60.7 Å². The normalized spacial score (nSPS) is 11.0. The van der Waals surface area contributed by atoms with Gasteiger partial charge in [-0.15, -0.1) is 0 Å². The number of nitrogens with one attached hydrogen (secondary N) is 1. The van der Waals surface area contributed by atoms with Crippen LogP contribution in [-0.2, 0) is 27.2 Å². The van der Waals surface area contributed by atoms with E-state index in [1.54, 1.807) is 0 Å². The number of ketones is 1. The van der Waals surface area contributed by atoms with Crippen molar-refractivity contribution in [1.29, 1.82) is 0 Å². The maximum atomic E-state index is 13.1. The third kappa shape index (κ3) is 4.52. The molecule has 0 fully saturated rings. The first-order valence-corrected chi connectivity index (χ1v) is 9.38. The lowest BCUT2D eigenvalue weighted by Crippen LogP contribution is -3.10. The van der Waals surface area contributed by atoms with E-state index >= 15 is 0 Å². The molecule has 3 aromatic rings. The van der Waals surface area contributed by atoms with Gasteiger partial charge in [0.15, 0.2) is 0 Å². The highest BCUT2D eigenvalue weighted by Crippen LogP contribution is 2.04. The maximum absolute atomic E-state index is 13.1. The van der Waals surface area contributed by atoms with Gasteiger partial charge in [0.1, 0.15) is 31.0 Å². The summed E-state index contributed by atoms with van der Waals surface area (Å²) in [6, 6.07) is 19.8. The number of nitrogens with two attached hydrogens (primary N) is 1. The van der Waals surface area contributed by atoms with E-state index in [9.17, 15) is 14.4 Å². The number of benzene rings is 2. The van der Waals surface area contributed by atoms with Crippen molar-refractivity contribution in [3.05, 3.63) is 98.2 Å². The molecule has 1 heterocycles. The SMILES string of the molecule is Cn1c(N)c(C(=O)C[NH+](Cc2ccccc2)Cc2ccccc2)c(=O)n(C)c1=O. The van der Waals surface area contributed by atoms with E-state index in [2.05, 4.69) is 0 Å². The maximum Gasteiger partial charge on any atom is 0.332 e. The smallest absolute Gasteiger partial charge is 0.332 e. The van der Waals surface area contributed by atoms with E-state index in [0.717, 1.165) is 25.2 Å². The molecule has 0 saturated carbocycles. The number of aromatic nitrogens is 2. The number of hydrogen-bond acceptors (Lipinski definition) is 4. The van der Waals surface area contributed by atoms with E-state index in [4.69, 9.17) is 5.73 Å². The molecular weight excluding hydrogens is 368 g/mol. The minimum Gasteiger partial charge on any atom is -0.384 e. The largest absolute Gasteiger partial charge is 0.384 e. The highest BCUT2D eigenvalue weighted by molar-refractivity contribution is 6.00. The first-order chi connectivity index (χ1) is 13.9. The van der Waals surface area contributed by atoms with Crippen LogP contribution in [0.3, 0.4) is 0 Å². The fraction of sp³-hybridized carbons (Fsp3) is 0.227. The van der Waals surface area contributed by atoms with Crippen LogP contribution < -0.4 is 21.9 Å². The quantitative estimate of drug-likeness (QED) is 0.559. The van der Waals surface area contributed by atoms with Crippen LogP contribution in [0.2, 0.25) is 0 Å². The monoisotopic (exact) mass is 393 g/mol. The van der Waals surface area contributed by atoms with E-state index in [1.165, 1.54) is 14.1 Å². The Morgan fingerprint density at radius 2 is 1.34 bits per heavy atom.